The molecule has 1 N–H and O–H groups in total. The Morgan fingerprint density at radius 2 is 1.79 bits per heavy atom. The van der Waals surface area contributed by atoms with Crippen LogP contribution in [-0.2, 0) is 10.9 Å². The lowest BCUT2D eigenvalue weighted by atomic mass is 10.1. The van der Waals surface area contributed by atoms with E-state index in [1.807, 2.05) is 0 Å². The first-order chi connectivity index (χ1) is 11.2. The quantitative estimate of drug-likeness (QED) is 0.828. The van der Waals surface area contributed by atoms with Gasteiger partial charge in [0.05, 0.1) is 34.5 Å². The summed E-state index contributed by atoms with van der Waals surface area (Å²) < 4.78 is 43.5. The highest BCUT2D eigenvalue weighted by Gasteiger charge is 2.34. The second-order valence-electron chi connectivity index (χ2n) is 4.68. The number of alkyl halides is 3. The molecule has 0 bridgehead atoms. The topological polar surface area (TPSA) is 55.4 Å². The summed E-state index contributed by atoms with van der Waals surface area (Å²) in [6, 6.07) is 8.29. The lowest BCUT2D eigenvalue weighted by Gasteiger charge is -2.13. The van der Waals surface area contributed by atoms with Crippen molar-refractivity contribution in [1.82, 2.24) is 0 Å². The number of benzene rings is 2. The SMILES string of the molecule is COC(=O)c1ccc(Cl)c(NC(=O)c2ccccc2C(F)(F)F)c1. The fourth-order valence-electron chi connectivity index (χ4n) is 1.98. The van der Waals surface area contributed by atoms with Crippen molar-refractivity contribution in [3.63, 3.8) is 0 Å². The van der Waals surface area contributed by atoms with Crippen LogP contribution in [0.5, 0.6) is 0 Å². The summed E-state index contributed by atoms with van der Waals surface area (Å²) in [4.78, 5) is 23.7. The fraction of sp³-hybridized carbons (Fsp3) is 0.125. The molecule has 0 heterocycles. The van der Waals surface area contributed by atoms with E-state index in [2.05, 4.69) is 10.1 Å². The molecule has 0 unspecified atom stereocenters. The highest BCUT2D eigenvalue weighted by atomic mass is 35.5. The number of esters is 1. The number of hydrogen-bond donors (Lipinski definition) is 1. The van der Waals surface area contributed by atoms with Crippen LogP contribution in [0.3, 0.4) is 0 Å². The van der Waals surface area contributed by atoms with Crippen LogP contribution in [0.25, 0.3) is 0 Å². The molecule has 0 saturated heterocycles. The maximum absolute atomic E-state index is 13.0. The van der Waals surface area contributed by atoms with E-state index in [0.29, 0.717) is 0 Å². The molecule has 1 amide bonds. The number of hydrogen-bond acceptors (Lipinski definition) is 3. The van der Waals surface area contributed by atoms with Crippen molar-refractivity contribution in [1.29, 1.82) is 0 Å². The number of methoxy groups -OCH3 is 1. The zero-order chi connectivity index (χ0) is 17.9. The fourth-order valence-corrected chi connectivity index (χ4v) is 2.15. The van der Waals surface area contributed by atoms with Gasteiger partial charge in [0.25, 0.3) is 5.91 Å². The Bertz CT molecular complexity index is 790. The zero-order valence-corrected chi connectivity index (χ0v) is 13.0. The van der Waals surface area contributed by atoms with E-state index in [1.54, 1.807) is 0 Å². The molecule has 24 heavy (non-hydrogen) atoms. The van der Waals surface area contributed by atoms with Crippen LogP contribution >= 0.6 is 11.6 Å². The Balaban J connectivity index is 2.36. The average molecular weight is 358 g/mol. The first-order valence-corrected chi connectivity index (χ1v) is 6.97. The van der Waals surface area contributed by atoms with Gasteiger partial charge in [-0.2, -0.15) is 13.2 Å². The number of halogens is 4. The molecule has 0 aliphatic carbocycles. The molecule has 0 fully saturated rings. The normalized spacial score (nSPS) is 11.0. The summed E-state index contributed by atoms with van der Waals surface area (Å²) >= 11 is 5.92. The second kappa shape index (κ2) is 6.92. The van der Waals surface area contributed by atoms with Gasteiger partial charge < -0.3 is 10.1 Å². The van der Waals surface area contributed by atoms with Crippen molar-refractivity contribution in [2.24, 2.45) is 0 Å². The highest BCUT2D eigenvalue weighted by Crippen LogP contribution is 2.32. The van der Waals surface area contributed by atoms with Crippen LogP contribution < -0.4 is 5.32 Å². The van der Waals surface area contributed by atoms with E-state index in [9.17, 15) is 22.8 Å². The molecule has 2 aromatic carbocycles. The van der Waals surface area contributed by atoms with Crippen molar-refractivity contribution >= 4 is 29.2 Å². The summed E-state index contributed by atoms with van der Waals surface area (Å²) in [6.07, 6.45) is -4.68. The molecule has 0 aliphatic heterocycles. The van der Waals surface area contributed by atoms with Crippen LogP contribution in [-0.4, -0.2) is 19.0 Å². The summed E-state index contributed by atoms with van der Waals surface area (Å²) in [5.41, 5.74) is -1.52. The van der Waals surface area contributed by atoms with Gasteiger partial charge in [0.1, 0.15) is 0 Å². The van der Waals surface area contributed by atoms with E-state index in [1.165, 1.54) is 37.4 Å². The van der Waals surface area contributed by atoms with Gasteiger partial charge in [-0.1, -0.05) is 23.7 Å². The van der Waals surface area contributed by atoms with Gasteiger partial charge in [-0.15, -0.1) is 0 Å². The number of carbonyl (C=O) groups is 2. The van der Waals surface area contributed by atoms with Crippen LogP contribution in [0.1, 0.15) is 26.3 Å². The number of rotatable bonds is 3. The minimum Gasteiger partial charge on any atom is -0.465 e. The maximum atomic E-state index is 13.0. The van der Waals surface area contributed by atoms with Crippen LogP contribution in [0, 0.1) is 0 Å². The minimum absolute atomic E-state index is 0.00143. The van der Waals surface area contributed by atoms with Gasteiger partial charge in [0.2, 0.25) is 0 Å². The van der Waals surface area contributed by atoms with Crippen molar-refractivity contribution in [3.05, 3.63) is 64.2 Å². The highest BCUT2D eigenvalue weighted by molar-refractivity contribution is 6.34. The molecule has 126 valence electrons. The lowest BCUT2D eigenvalue weighted by Crippen LogP contribution is -2.19. The summed E-state index contributed by atoms with van der Waals surface area (Å²) in [6.45, 7) is 0. The molecular formula is C16H11ClF3NO3. The summed E-state index contributed by atoms with van der Waals surface area (Å²) in [7, 11) is 1.18. The molecule has 2 aromatic rings. The lowest BCUT2D eigenvalue weighted by molar-refractivity contribution is -0.137. The number of anilines is 1. The number of ether oxygens (including phenoxy) is 1. The Morgan fingerprint density at radius 3 is 2.42 bits per heavy atom. The summed E-state index contributed by atoms with van der Waals surface area (Å²) in [5.74, 6) is -1.66. The molecule has 0 aliphatic rings. The molecule has 0 atom stereocenters. The van der Waals surface area contributed by atoms with Gasteiger partial charge in [0, 0.05) is 0 Å². The van der Waals surface area contributed by atoms with Crippen molar-refractivity contribution in [2.45, 2.75) is 6.18 Å². The third-order valence-electron chi connectivity index (χ3n) is 3.11. The summed E-state index contributed by atoms with van der Waals surface area (Å²) in [5, 5.41) is 2.35. The standard InChI is InChI=1S/C16H11ClF3NO3/c1-24-15(23)9-6-7-12(17)13(8-9)21-14(22)10-4-2-3-5-11(10)16(18,19)20/h2-8H,1H3,(H,21,22). The van der Waals surface area contributed by atoms with Crippen LogP contribution in [0.15, 0.2) is 42.5 Å². The third kappa shape index (κ3) is 3.86. The second-order valence-corrected chi connectivity index (χ2v) is 5.09. The van der Waals surface area contributed by atoms with E-state index in [0.717, 1.165) is 12.1 Å². The van der Waals surface area contributed by atoms with Crippen molar-refractivity contribution in [3.8, 4) is 0 Å². The molecule has 0 radical (unpaired) electrons. The molecule has 8 heteroatoms. The minimum atomic E-state index is -4.68. The van der Waals surface area contributed by atoms with E-state index < -0.39 is 29.2 Å². The average Bonchev–Trinajstić information content (AvgIpc) is 2.55. The number of amides is 1. The van der Waals surface area contributed by atoms with E-state index in [4.69, 9.17) is 11.6 Å². The van der Waals surface area contributed by atoms with Gasteiger partial charge >= 0.3 is 12.1 Å². The largest absolute Gasteiger partial charge is 0.465 e. The van der Waals surface area contributed by atoms with E-state index >= 15 is 0 Å². The number of nitrogens with one attached hydrogen (secondary N) is 1. The monoisotopic (exact) mass is 357 g/mol. The third-order valence-corrected chi connectivity index (χ3v) is 3.44. The van der Waals surface area contributed by atoms with Crippen molar-refractivity contribution < 1.29 is 27.5 Å². The Kier molecular flexibility index (Phi) is 5.14. The Labute approximate surface area is 140 Å². The predicted octanol–water partition coefficient (Wildman–Crippen LogP) is 4.40. The maximum Gasteiger partial charge on any atom is 0.417 e. The first kappa shape index (κ1) is 17.8. The van der Waals surface area contributed by atoms with Crippen LogP contribution in [0.4, 0.5) is 18.9 Å². The van der Waals surface area contributed by atoms with Gasteiger partial charge in [-0.3, -0.25) is 4.79 Å². The first-order valence-electron chi connectivity index (χ1n) is 6.59. The molecule has 4 nitrogen and oxygen atoms in total. The van der Waals surface area contributed by atoms with Gasteiger partial charge in [-0.25, -0.2) is 4.79 Å². The smallest absolute Gasteiger partial charge is 0.417 e. The Hall–Kier alpha value is -2.54. The van der Waals surface area contributed by atoms with Gasteiger partial charge in [0.15, 0.2) is 0 Å². The van der Waals surface area contributed by atoms with Gasteiger partial charge in [-0.05, 0) is 30.3 Å². The molecule has 0 aromatic heterocycles. The zero-order valence-electron chi connectivity index (χ0n) is 12.3. The molecule has 2 rings (SSSR count). The molecule has 0 saturated carbocycles. The van der Waals surface area contributed by atoms with Crippen molar-refractivity contribution in [2.75, 3.05) is 12.4 Å². The van der Waals surface area contributed by atoms with Crippen LogP contribution in [0.2, 0.25) is 5.02 Å². The predicted molar refractivity (Wildman–Crippen MR) is 82.2 cm³/mol. The number of carbonyl (C=O) groups excluding carboxylic acids is 2. The molecule has 0 spiro atoms. The van der Waals surface area contributed by atoms with E-state index in [-0.39, 0.29) is 16.3 Å². The molecular weight excluding hydrogens is 347 g/mol. The Morgan fingerprint density at radius 1 is 1.12 bits per heavy atom.